The number of rotatable bonds is 13. The van der Waals surface area contributed by atoms with Gasteiger partial charge in [-0.15, -0.1) is 0 Å². The molecule has 2 aliphatic rings. The summed E-state index contributed by atoms with van der Waals surface area (Å²) in [5, 5.41) is 16.8. The van der Waals surface area contributed by atoms with Crippen molar-refractivity contribution >= 4 is 47.0 Å². The molecular weight excluding hydrogens is 522 g/mol. The molecule has 3 rings (SSSR count). The second-order valence-electron chi connectivity index (χ2n) is 9.60. The van der Waals surface area contributed by atoms with Crippen LogP contribution in [0.3, 0.4) is 0 Å². The fourth-order valence-corrected chi connectivity index (χ4v) is 4.15. The molecule has 4 N–H and O–H groups in total. The van der Waals surface area contributed by atoms with Crippen LogP contribution in [0.2, 0.25) is 0 Å². The fraction of sp³-hybridized carbons (Fsp3) is 0.370. The van der Waals surface area contributed by atoms with Crippen LogP contribution in [-0.2, 0) is 40.2 Å². The first-order valence-electron chi connectivity index (χ1n) is 12.7. The Kier molecular flexibility index (Phi) is 10.0. The van der Waals surface area contributed by atoms with E-state index >= 15 is 0 Å². The number of carbonyl (C=O) groups excluding carboxylic acids is 7. The van der Waals surface area contributed by atoms with Gasteiger partial charge >= 0.3 is 0 Å². The lowest BCUT2D eigenvalue weighted by atomic mass is 10.0. The SMILES string of the molecule is CC(C)C(NC(=O)CCC(CN1C(=O)C=CC1=O)N1C(=O)C=CC1=O)C(=O)NCC(=O)Nc1ccc(CO)cc1. The molecule has 1 aromatic carbocycles. The van der Waals surface area contributed by atoms with Gasteiger partial charge in [0.15, 0.2) is 0 Å². The monoisotopic (exact) mass is 553 g/mol. The molecule has 2 aliphatic heterocycles. The number of carbonyl (C=O) groups is 7. The maximum atomic E-state index is 12.8. The van der Waals surface area contributed by atoms with Crippen LogP contribution in [-0.4, -0.2) is 81.4 Å². The van der Waals surface area contributed by atoms with Crippen molar-refractivity contribution in [2.45, 2.75) is 45.4 Å². The Morgan fingerprint density at radius 1 is 0.850 bits per heavy atom. The van der Waals surface area contributed by atoms with Gasteiger partial charge in [-0.05, 0) is 30.0 Å². The number of imide groups is 2. The van der Waals surface area contributed by atoms with Crippen LogP contribution < -0.4 is 16.0 Å². The predicted octanol–water partition coefficient (Wildman–Crippen LogP) is -0.627. The molecule has 2 heterocycles. The maximum absolute atomic E-state index is 12.8. The number of hydrogen-bond acceptors (Lipinski definition) is 8. The molecule has 2 unspecified atom stereocenters. The lowest BCUT2D eigenvalue weighted by Crippen LogP contribution is -2.52. The summed E-state index contributed by atoms with van der Waals surface area (Å²) in [6, 6.07) is 4.59. The second kappa shape index (κ2) is 13.4. The zero-order valence-electron chi connectivity index (χ0n) is 22.1. The van der Waals surface area contributed by atoms with E-state index in [0.29, 0.717) is 11.3 Å². The first-order valence-corrected chi connectivity index (χ1v) is 12.7. The van der Waals surface area contributed by atoms with E-state index < -0.39 is 53.4 Å². The van der Waals surface area contributed by atoms with Crippen molar-refractivity contribution in [3.8, 4) is 0 Å². The van der Waals surface area contributed by atoms with Crippen molar-refractivity contribution in [1.29, 1.82) is 0 Å². The van der Waals surface area contributed by atoms with Gasteiger partial charge in [0.25, 0.3) is 23.6 Å². The zero-order chi connectivity index (χ0) is 29.4. The number of aliphatic hydroxyl groups is 1. The first kappa shape index (κ1) is 29.9. The zero-order valence-corrected chi connectivity index (χ0v) is 22.1. The molecule has 13 nitrogen and oxygen atoms in total. The van der Waals surface area contributed by atoms with Gasteiger partial charge in [-0.3, -0.25) is 43.4 Å². The van der Waals surface area contributed by atoms with Gasteiger partial charge in [-0.1, -0.05) is 26.0 Å². The number of benzene rings is 1. The lowest BCUT2D eigenvalue weighted by molar-refractivity contribution is -0.145. The summed E-state index contributed by atoms with van der Waals surface area (Å²) < 4.78 is 0. The number of amides is 7. The molecule has 13 heteroatoms. The van der Waals surface area contributed by atoms with Crippen molar-refractivity contribution in [3.63, 3.8) is 0 Å². The molecule has 0 saturated carbocycles. The van der Waals surface area contributed by atoms with Crippen molar-refractivity contribution < 1.29 is 38.7 Å². The van der Waals surface area contributed by atoms with Crippen LogP contribution in [0.5, 0.6) is 0 Å². The highest BCUT2D eigenvalue weighted by atomic mass is 16.3. The average Bonchev–Trinajstić information content (AvgIpc) is 3.42. The number of aliphatic hydroxyl groups excluding tert-OH is 1. The van der Waals surface area contributed by atoms with E-state index in [0.717, 1.165) is 34.1 Å². The molecule has 212 valence electrons. The Morgan fingerprint density at radius 3 is 1.98 bits per heavy atom. The maximum Gasteiger partial charge on any atom is 0.253 e. The van der Waals surface area contributed by atoms with E-state index in [2.05, 4.69) is 16.0 Å². The molecule has 1 aromatic rings. The normalized spacial score (nSPS) is 16.1. The molecule has 2 atom stereocenters. The topological polar surface area (TPSA) is 182 Å². The minimum Gasteiger partial charge on any atom is -0.392 e. The van der Waals surface area contributed by atoms with E-state index in [9.17, 15) is 33.6 Å². The summed E-state index contributed by atoms with van der Waals surface area (Å²) in [5.41, 5.74) is 1.16. The van der Waals surface area contributed by atoms with E-state index in [4.69, 9.17) is 5.11 Å². The van der Waals surface area contributed by atoms with Crippen molar-refractivity contribution in [2.24, 2.45) is 5.92 Å². The van der Waals surface area contributed by atoms with Crippen molar-refractivity contribution in [3.05, 3.63) is 54.1 Å². The third-order valence-corrected chi connectivity index (χ3v) is 6.32. The summed E-state index contributed by atoms with van der Waals surface area (Å²) in [6.45, 7) is 2.67. The number of anilines is 1. The number of nitrogens with one attached hydrogen (secondary N) is 3. The van der Waals surface area contributed by atoms with E-state index in [-0.39, 0.29) is 38.5 Å². The molecule has 0 bridgehead atoms. The van der Waals surface area contributed by atoms with Crippen LogP contribution in [0.25, 0.3) is 0 Å². The Hall–Kier alpha value is -4.65. The molecule has 40 heavy (non-hydrogen) atoms. The smallest absolute Gasteiger partial charge is 0.253 e. The lowest BCUT2D eigenvalue weighted by Gasteiger charge is -2.29. The van der Waals surface area contributed by atoms with Crippen LogP contribution in [0.1, 0.15) is 32.3 Å². The first-order chi connectivity index (χ1) is 19.0. The third kappa shape index (κ3) is 7.69. The Balaban J connectivity index is 1.55. The third-order valence-electron chi connectivity index (χ3n) is 6.32. The predicted molar refractivity (Wildman–Crippen MR) is 141 cm³/mol. The summed E-state index contributed by atoms with van der Waals surface area (Å²) in [7, 11) is 0. The Morgan fingerprint density at radius 2 is 1.43 bits per heavy atom. The van der Waals surface area contributed by atoms with Gasteiger partial charge in [-0.25, -0.2) is 0 Å². The van der Waals surface area contributed by atoms with Gasteiger partial charge < -0.3 is 21.1 Å². The molecule has 0 aliphatic carbocycles. The molecule has 0 radical (unpaired) electrons. The Labute approximate surface area is 230 Å². The number of hydrogen-bond donors (Lipinski definition) is 4. The highest BCUT2D eigenvalue weighted by molar-refractivity contribution is 6.14. The minimum absolute atomic E-state index is 0.0635. The van der Waals surface area contributed by atoms with Gasteiger partial charge in [0, 0.05) is 36.4 Å². The molecule has 0 spiro atoms. The molecule has 0 aromatic heterocycles. The summed E-state index contributed by atoms with van der Waals surface area (Å²) >= 11 is 0. The van der Waals surface area contributed by atoms with E-state index in [1.807, 2.05) is 0 Å². The molecular formula is C27H31N5O8. The summed E-state index contributed by atoms with van der Waals surface area (Å²) in [5.74, 6) is -4.39. The van der Waals surface area contributed by atoms with Crippen LogP contribution >= 0.6 is 0 Å². The standard InChI is InChI=1S/C27H31N5O8/c1-16(2)26(27(40)28-13-21(35)29-18-5-3-17(15-33)4-6-18)30-20(34)8-7-19(32-24(38)11-12-25(32)39)14-31-22(36)9-10-23(31)37/h3-6,9-12,16,19,26,33H,7-8,13-15H2,1-2H3,(H,28,40)(H,29,35)(H,30,34). The van der Waals surface area contributed by atoms with Crippen molar-refractivity contribution in [2.75, 3.05) is 18.4 Å². The average molecular weight is 554 g/mol. The molecule has 7 amide bonds. The van der Waals surface area contributed by atoms with E-state index in [1.54, 1.807) is 38.1 Å². The van der Waals surface area contributed by atoms with Crippen LogP contribution in [0, 0.1) is 5.92 Å². The molecule has 0 fully saturated rings. The summed E-state index contributed by atoms with van der Waals surface area (Å²) in [4.78, 5) is 88.1. The largest absolute Gasteiger partial charge is 0.392 e. The highest BCUT2D eigenvalue weighted by Crippen LogP contribution is 2.18. The van der Waals surface area contributed by atoms with Crippen LogP contribution in [0.15, 0.2) is 48.6 Å². The van der Waals surface area contributed by atoms with E-state index in [1.165, 1.54) is 0 Å². The quantitative estimate of drug-likeness (QED) is 0.233. The Bertz CT molecular complexity index is 1220. The van der Waals surface area contributed by atoms with Gasteiger partial charge in [-0.2, -0.15) is 0 Å². The molecule has 0 saturated heterocycles. The van der Waals surface area contributed by atoms with Crippen molar-refractivity contribution in [1.82, 2.24) is 20.4 Å². The number of nitrogens with zero attached hydrogens (tertiary/aromatic N) is 2. The second-order valence-corrected chi connectivity index (χ2v) is 9.60. The summed E-state index contributed by atoms with van der Waals surface area (Å²) in [6.07, 6.45) is 4.02. The van der Waals surface area contributed by atoms with Gasteiger partial charge in [0.05, 0.1) is 25.7 Å². The minimum atomic E-state index is -0.981. The fourth-order valence-electron chi connectivity index (χ4n) is 4.15. The van der Waals surface area contributed by atoms with Crippen LogP contribution in [0.4, 0.5) is 5.69 Å². The van der Waals surface area contributed by atoms with Gasteiger partial charge in [0.2, 0.25) is 17.7 Å². The van der Waals surface area contributed by atoms with Gasteiger partial charge in [0.1, 0.15) is 6.04 Å². The highest BCUT2D eigenvalue weighted by Gasteiger charge is 2.36.